The van der Waals surface area contributed by atoms with Gasteiger partial charge in [0.15, 0.2) is 0 Å². The van der Waals surface area contributed by atoms with E-state index in [2.05, 4.69) is 16.9 Å². The van der Waals surface area contributed by atoms with Crippen molar-refractivity contribution >= 4 is 0 Å². The van der Waals surface area contributed by atoms with Crippen molar-refractivity contribution in [3.63, 3.8) is 0 Å². The molecule has 2 rings (SSSR count). The van der Waals surface area contributed by atoms with Crippen molar-refractivity contribution in [1.29, 1.82) is 0 Å². The highest BCUT2D eigenvalue weighted by Crippen LogP contribution is 2.38. The number of nitrogens with zero attached hydrogens (tertiary/aromatic N) is 2. The molecule has 2 N–H and O–H groups in total. The third-order valence-corrected chi connectivity index (χ3v) is 3.42. The first-order valence-corrected chi connectivity index (χ1v) is 5.85. The minimum atomic E-state index is 0.513. The fourth-order valence-corrected chi connectivity index (χ4v) is 2.40. The van der Waals surface area contributed by atoms with E-state index in [0.29, 0.717) is 12.5 Å². The van der Waals surface area contributed by atoms with Gasteiger partial charge < -0.3 is 5.73 Å². The molecule has 1 aliphatic carbocycles. The van der Waals surface area contributed by atoms with Crippen LogP contribution in [0, 0.1) is 5.92 Å². The van der Waals surface area contributed by atoms with Crippen LogP contribution in [-0.2, 0) is 6.54 Å². The Labute approximate surface area is 91.1 Å². The third kappa shape index (κ3) is 2.34. The average Bonchev–Trinajstić information content (AvgIpc) is 2.78. The quantitative estimate of drug-likeness (QED) is 0.823. The summed E-state index contributed by atoms with van der Waals surface area (Å²) in [5.74, 6) is 2.45. The molecule has 1 saturated carbocycles. The molecule has 1 aromatic rings. The first kappa shape index (κ1) is 10.6. The zero-order valence-corrected chi connectivity index (χ0v) is 9.32. The van der Waals surface area contributed by atoms with Crippen molar-refractivity contribution < 1.29 is 0 Å². The predicted octanol–water partition coefficient (Wildman–Crippen LogP) is 2.23. The van der Waals surface area contributed by atoms with Crippen LogP contribution in [0.25, 0.3) is 0 Å². The van der Waals surface area contributed by atoms with Crippen LogP contribution in [0.1, 0.15) is 50.0 Å². The first-order valence-electron chi connectivity index (χ1n) is 5.85. The van der Waals surface area contributed by atoms with E-state index in [0.717, 1.165) is 17.4 Å². The van der Waals surface area contributed by atoms with Gasteiger partial charge in [-0.2, -0.15) is 0 Å². The average molecular weight is 205 g/mol. The summed E-state index contributed by atoms with van der Waals surface area (Å²) in [4.78, 5) is 8.88. The summed E-state index contributed by atoms with van der Waals surface area (Å²) in [6.07, 6.45) is 6.95. The van der Waals surface area contributed by atoms with Gasteiger partial charge in [-0.05, 0) is 31.2 Å². The Kier molecular flexibility index (Phi) is 3.31. The molecule has 2 unspecified atom stereocenters. The van der Waals surface area contributed by atoms with Crippen LogP contribution in [0.15, 0.2) is 12.3 Å². The summed E-state index contributed by atoms with van der Waals surface area (Å²) in [6, 6.07) is 1.90. The number of aromatic nitrogens is 2. The van der Waals surface area contributed by atoms with Crippen LogP contribution < -0.4 is 5.73 Å². The summed E-state index contributed by atoms with van der Waals surface area (Å²) < 4.78 is 0. The van der Waals surface area contributed by atoms with E-state index in [-0.39, 0.29) is 0 Å². The van der Waals surface area contributed by atoms with Crippen molar-refractivity contribution in [2.45, 2.75) is 45.1 Å². The van der Waals surface area contributed by atoms with Crippen molar-refractivity contribution in [1.82, 2.24) is 9.97 Å². The molecule has 0 saturated heterocycles. The van der Waals surface area contributed by atoms with Gasteiger partial charge in [-0.3, -0.25) is 0 Å². The molecule has 0 spiro atoms. The van der Waals surface area contributed by atoms with Gasteiger partial charge in [0.05, 0.1) is 5.69 Å². The van der Waals surface area contributed by atoms with E-state index in [1.165, 1.54) is 25.7 Å². The van der Waals surface area contributed by atoms with Gasteiger partial charge in [0.2, 0.25) is 0 Å². The van der Waals surface area contributed by atoms with Crippen LogP contribution in [0.5, 0.6) is 0 Å². The lowest BCUT2D eigenvalue weighted by molar-refractivity contribution is 0.516. The molecule has 1 aliphatic rings. The molecule has 0 amide bonds. The Balaban J connectivity index is 2.09. The molecule has 1 fully saturated rings. The second-order valence-corrected chi connectivity index (χ2v) is 4.39. The predicted molar refractivity (Wildman–Crippen MR) is 60.3 cm³/mol. The maximum Gasteiger partial charge on any atom is 0.131 e. The Morgan fingerprint density at radius 3 is 3.00 bits per heavy atom. The highest BCUT2D eigenvalue weighted by atomic mass is 14.9. The second kappa shape index (κ2) is 4.71. The molecular weight excluding hydrogens is 186 g/mol. The highest BCUT2D eigenvalue weighted by Gasteiger charge is 2.26. The number of hydrogen-bond acceptors (Lipinski definition) is 3. The van der Waals surface area contributed by atoms with Crippen LogP contribution >= 0.6 is 0 Å². The second-order valence-electron chi connectivity index (χ2n) is 4.39. The van der Waals surface area contributed by atoms with E-state index in [4.69, 9.17) is 5.73 Å². The van der Waals surface area contributed by atoms with Crippen molar-refractivity contribution in [3.05, 3.63) is 23.8 Å². The van der Waals surface area contributed by atoms with Crippen molar-refractivity contribution in [2.24, 2.45) is 11.7 Å². The topological polar surface area (TPSA) is 51.8 Å². The van der Waals surface area contributed by atoms with E-state index >= 15 is 0 Å². The van der Waals surface area contributed by atoms with Gasteiger partial charge in [-0.1, -0.05) is 13.3 Å². The van der Waals surface area contributed by atoms with Gasteiger partial charge in [-0.15, -0.1) is 0 Å². The Morgan fingerprint density at radius 1 is 1.47 bits per heavy atom. The lowest BCUT2D eigenvalue weighted by Crippen LogP contribution is -2.06. The van der Waals surface area contributed by atoms with Crippen LogP contribution in [0.4, 0.5) is 0 Å². The zero-order valence-electron chi connectivity index (χ0n) is 9.32. The molecule has 3 heteroatoms. The third-order valence-electron chi connectivity index (χ3n) is 3.42. The largest absolute Gasteiger partial charge is 0.325 e. The summed E-state index contributed by atoms with van der Waals surface area (Å²) >= 11 is 0. The highest BCUT2D eigenvalue weighted by molar-refractivity contribution is 5.07. The Hall–Kier alpha value is -0.960. The fraction of sp³-hybridized carbons (Fsp3) is 0.667. The summed E-state index contributed by atoms with van der Waals surface area (Å²) in [6.45, 7) is 2.78. The monoisotopic (exact) mass is 205 g/mol. The van der Waals surface area contributed by atoms with Crippen LogP contribution in [-0.4, -0.2) is 9.97 Å². The fourth-order valence-electron chi connectivity index (χ4n) is 2.40. The standard InChI is InChI=1S/C12H19N3/c1-2-9-3-4-10(7-9)12-14-6-5-11(8-13)15-12/h5-6,9-10H,2-4,7-8,13H2,1H3. The normalized spacial score (nSPS) is 25.7. The smallest absolute Gasteiger partial charge is 0.131 e. The summed E-state index contributed by atoms with van der Waals surface area (Å²) in [5.41, 5.74) is 6.54. The van der Waals surface area contributed by atoms with Crippen LogP contribution in [0.2, 0.25) is 0 Å². The van der Waals surface area contributed by atoms with E-state index < -0.39 is 0 Å². The summed E-state index contributed by atoms with van der Waals surface area (Å²) in [5, 5.41) is 0. The minimum Gasteiger partial charge on any atom is -0.325 e. The Morgan fingerprint density at radius 2 is 2.33 bits per heavy atom. The molecule has 1 aromatic heterocycles. The molecule has 2 atom stereocenters. The number of nitrogens with two attached hydrogens (primary N) is 1. The maximum atomic E-state index is 5.58. The first-order chi connectivity index (χ1) is 7.33. The van der Waals surface area contributed by atoms with Gasteiger partial charge in [0.1, 0.15) is 5.82 Å². The van der Waals surface area contributed by atoms with Crippen LogP contribution in [0.3, 0.4) is 0 Å². The molecule has 0 bridgehead atoms. The minimum absolute atomic E-state index is 0.513. The van der Waals surface area contributed by atoms with E-state index in [9.17, 15) is 0 Å². The SMILES string of the molecule is CCC1CCC(c2nccc(CN)n2)C1. The van der Waals surface area contributed by atoms with Gasteiger partial charge in [0, 0.05) is 18.7 Å². The van der Waals surface area contributed by atoms with Gasteiger partial charge in [-0.25, -0.2) is 9.97 Å². The molecule has 1 heterocycles. The van der Waals surface area contributed by atoms with Crippen molar-refractivity contribution in [3.8, 4) is 0 Å². The molecule has 0 radical (unpaired) electrons. The summed E-state index contributed by atoms with van der Waals surface area (Å²) in [7, 11) is 0. The number of rotatable bonds is 3. The molecule has 15 heavy (non-hydrogen) atoms. The van der Waals surface area contributed by atoms with E-state index in [1.807, 2.05) is 12.3 Å². The molecular formula is C12H19N3. The Bertz CT molecular complexity index is 324. The maximum absolute atomic E-state index is 5.58. The zero-order chi connectivity index (χ0) is 10.7. The van der Waals surface area contributed by atoms with E-state index in [1.54, 1.807) is 0 Å². The molecule has 0 aromatic carbocycles. The number of hydrogen-bond donors (Lipinski definition) is 1. The lowest BCUT2D eigenvalue weighted by atomic mass is 10.0. The van der Waals surface area contributed by atoms with Crippen molar-refractivity contribution in [2.75, 3.05) is 0 Å². The lowest BCUT2D eigenvalue weighted by Gasteiger charge is -2.09. The van der Waals surface area contributed by atoms with Gasteiger partial charge in [0.25, 0.3) is 0 Å². The molecule has 3 nitrogen and oxygen atoms in total. The van der Waals surface area contributed by atoms with Gasteiger partial charge >= 0.3 is 0 Å². The molecule has 82 valence electrons. The molecule has 0 aliphatic heterocycles.